The number of aromatic nitrogens is 7. The third-order valence-corrected chi connectivity index (χ3v) is 7.12. The lowest BCUT2D eigenvalue weighted by Gasteiger charge is -2.47. The van der Waals surface area contributed by atoms with Crippen molar-refractivity contribution >= 4 is 5.65 Å². The SMILES string of the molecule is c1ccn(-c2cncc(-c3cn(Cc4cn5cc(CN6CC7CC(C7)C6)ccc5n4)nn3)c2)c1. The summed E-state index contributed by atoms with van der Waals surface area (Å²) in [6, 6.07) is 10.4. The van der Waals surface area contributed by atoms with Crippen molar-refractivity contribution in [2.45, 2.75) is 25.9 Å². The average Bonchev–Trinajstić information content (AvgIpc) is 3.60. The minimum Gasteiger partial charge on any atom is -0.322 e. The molecule has 5 aromatic heterocycles. The van der Waals surface area contributed by atoms with E-state index in [4.69, 9.17) is 4.98 Å². The third kappa shape index (κ3) is 3.70. The number of hydrogen-bond acceptors (Lipinski definition) is 5. The monoisotopic (exact) mass is 450 g/mol. The molecule has 0 N–H and O–H groups in total. The van der Waals surface area contributed by atoms with Crippen molar-refractivity contribution in [3.05, 3.63) is 85.0 Å². The molecule has 34 heavy (non-hydrogen) atoms. The summed E-state index contributed by atoms with van der Waals surface area (Å²) < 4.78 is 6.00. The molecule has 2 aliphatic heterocycles. The predicted octanol–water partition coefficient (Wildman–Crippen LogP) is 3.67. The fraction of sp³-hybridized carbons (Fsp3) is 0.308. The van der Waals surface area contributed by atoms with E-state index in [0.717, 1.165) is 46.7 Å². The highest BCUT2D eigenvalue weighted by Crippen LogP contribution is 2.39. The molecule has 7 heterocycles. The zero-order chi connectivity index (χ0) is 22.5. The molecule has 3 aliphatic rings. The molecule has 8 heteroatoms. The highest BCUT2D eigenvalue weighted by molar-refractivity contribution is 5.59. The number of fused-ring (bicyclic) bond motifs is 3. The molecule has 0 spiro atoms. The first-order chi connectivity index (χ1) is 16.7. The topological polar surface area (TPSA) is 69.1 Å². The van der Waals surface area contributed by atoms with E-state index in [1.54, 1.807) is 0 Å². The van der Waals surface area contributed by atoms with Gasteiger partial charge in [0, 0.05) is 56.2 Å². The summed E-state index contributed by atoms with van der Waals surface area (Å²) in [6.45, 7) is 4.10. The average molecular weight is 451 g/mol. The summed E-state index contributed by atoms with van der Waals surface area (Å²) in [6.07, 6.45) is 16.8. The van der Waals surface area contributed by atoms with Crippen molar-refractivity contribution in [3.63, 3.8) is 0 Å². The van der Waals surface area contributed by atoms with E-state index in [9.17, 15) is 0 Å². The second-order valence-corrected chi connectivity index (χ2v) is 9.76. The van der Waals surface area contributed by atoms with Crippen molar-refractivity contribution in [2.75, 3.05) is 13.1 Å². The smallest absolute Gasteiger partial charge is 0.137 e. The first-order valence-electron chi connectivity index (χ1n) is 11.9. The maximum atomic E-state index is 4.79. The van der Waals surface area contributed by atoms with Crippen LogP contribution < -0.4 is 0 Å². The molecule has 5 aromatic rings. The molecule has 170 valence electrons. The summed E-state index contributed by atoms with van der Waals surface area (Å²) >= 11 is 0. The third-order valence-electron chi connectivity index (χ3n) is 7.12. The number of imidazole rings is 1. The van der Waals surface area contributed by atoms with Crippen LogP contribution in [0.1, 0.15) is 24.1 Å². The molecule has 8 nitrogen and oxygen atoms in total. The Morgan fingerprint density at radius 2 is 1.76 bits per heavy atom. The first kappa shape index (κ1) is 19.7. The van der Waals surface area contributed by atoms with Crippen LogP contribution in [0.5, 0.6) is 0 Å². The van der Waals surface area contributed by atoms with Gasteiger partial charge >= 0.3 is 0 Å². The van der Waals surface area contributed by atoms with Crippen LogP contribution in [0.4, 0.5) is 0 Å². The maximum Gasteiger partial charge on any atom is 0.137 e. The lowest BCUT2D eigenvalue weighted by molar-refractivity contribution is 0.0227. The Kier molecular flexibility index (Phi) is 4.58. The van der Waals surface area contributed by atoms with Gasteiger partial charge in [-0.2, -0.15) is 0 Å². The van der Waals surface area contributed by atoms with E-state index in [0.29, 0.717) is 6.54 Å². The van der Waals surface area contributed by atoms with Gasteiger partial charge in [-0.05, 0) is 54.5 Å². The summed E-state index contributed by atoms with van der Waals surface area (Å²) in [4.78, 5) is 11.8. The molecule has 2 bridgehead atoms. The Morgan fingerprint density at radius 3 is 2.62 bits per heavy atom. The highest BCUT2D eigenvalue weighted by Gasteiger charge is 2.36. The number of rotatable bonds is 6. The van der Waals surface area contributed by atoms with Gasteiger partial charge in [-0.25, -0.2) is 9.67 Å². The highest BCUT2D eigenvalue weighted by atomic mass is 15.4. The Hall–Kier alpha value is -3.78. The second kappa shape index (κ2) is 7.92. The fourth-order valence-corrected chi connectivity index (χ4v) is 5.51. The zero-order valence-electron chi connectivity index (χ0n) is 18.9. The van der Waals surface area contributed by atoms with Gasteiger partial charge in [-0.15, -0.1) is 5.10 Å². The van der Waals surface area contributed by atoms with Crippen LogP contribution in [-0.2, 0) is 13.1 Å². The molecule has 0 radical (unpaired) electrons. The van der Waals surface area contributed by atoms with Crippen molar-refractivity contribution in [3.8, 4) is 16.9 Å². The standard InChI is InChI=1S/C26H26N8/c1-2-6-32(5-1)24-9-22(10-27-11-24)25-18-34(30-29-25)17-23-16-33-15-19(3-4-26(33)28-23)12-31-13-20-7-21(8-20)14-31/h1-6,9-11,15-16,18,20-21H,7-8,12-14,17H2. The van der Waals surface area contributed by atoms with Gasteiger partial charge in [0.15, 0.2) is 0 Å². The van der Waals surface area contributed by atoms with E-state index < -0.39 is 0 Å². The van der Waals surface area contributed by atoms with Gasteiger partial charge in [0.1, 0.15) is 11.3 Å². The van der Waals surface area contributed by atoms with Gasteiger partial charge in [0.2, 0.25) is 0 Å². The molecule has 0 aromatic carbocycles. The van der Waals surface area contributed by atoms with Gasteiger partial charge < -0.3 is 8.97 Å². The number of piperidine rings is 2. The lowest BCUT2D eigenvalue weighted by Crippen LogP contribution is -2.47. The van der Waals surface area contributed by atoms with E-state index in [-0.39, 0.29) is 0 Å². The van der Waals surface area contributed by atoms with Crippen LogP contribution in [0.25, 0.3) is 22.6 Å². The number of hydrogen-bond donors (Lipinski definition) is 0. The molecular weight excluding hydrogens is 424 g/mol. The van der Waals surface area contributed by atoms with Crippen molar-refractivity contribution in [2.24, 2.45) is 11.8 Å². The Morgan fingerprint density at radius 1 is 0.912 bits per heavy atom. The lowest BCUT2D eigenvalue weighted by atomic mass is 9.71. The van der Waals surface area contributed by atoms with Crippen LogP contribution in [0.2, 0.25) is 0 Å². The number of pyridine rings is 2. The molecule has 0 unspecified atom stereocenters. The molecule has 2 saturated heterocycles. The van der Waals surface area contributed by atoms with Gasteiger partial charge in [0.05, 0.1) is 30.3 Å². The van der Waals surface area contributed by atoms with Crippen LogP contribution in [0, 0.1) is 11.8 Å². The van der Waals surface area contributed by atoms with Gasteiger partial charge in [-0.3, -0.25) is 9.88 Å². The molecule has 3 fully saturated rings. The molecule has 1 aliphatic carbocycles. The quantitative estimate of drug-likeness (QED) is 0.395. The summed E-state index contributed by atoms with van der Waals surface area (Å²) in [5, 5.41) is 8.70. The zero-order valence-corrected chi connectivity index (χ0v) is 18.9. The number of nitrogens with zero attached hydrogens (tertiary/aromatic N) is 8. The summed E-state index contributed by atoms with van der Waals surface area (Å²) in [7, 11) is 0. The van der Waals surface area contributed by atoms with E-state index >= 15 is 0 Å². The summed E-state index contributed by atoms with van der Waals surface area (Å²) in [5.74, 6) is 1.86. The molecular formula is C26H26N8. The summed E-state index contributed by atoms with van der Waals surface area (Å²) in [5.41, 5.74) is 6.00. The van der Waals surface area contributed by atoms with Crippen LogP contribution in [0.3, 0.4) is 0 Å². The van der Waals surface area contributed by atoms with Gasteiger partial charge in [0.25, 0.3) is 0 Å². The Labute approximate surface area is 197 Å². The first-order valence-corrected chi connectivity index (χ1v) is 11.9. The van der Waals surface area contributed by atoms with Crippen LogP contribution >= 0.6 is 0 Å². The molecule has 0 atom stereocenters. The fourth-order valence-electron chi connectivity index (χ4n) is 5.51. The molecule has 0 amide bonds. The van der Waals surface area contributed by atoms with Gasteiger partial charge in [-0.1, -0.05) is 11.3 Å². The van der Waals surface area contributed by atoms with Crippen LogP contribution in [0.15, 0.2) is 73.7 Å². The normalized spacial score (nSPS) is 20.0. The predicted molar refractivity (Wildman–Crippen MR) is 128 cm³/mol. The minimum absolute atomic E-state index is 0.574. The second-order valence-electron chi connectivity index (χ2n) is 9.76. The van der Waals surface area contributed by atoms with Crippen molar-refractivity contribution in [1.82, 2.24) is 38.8 Å². The largest absolute Gasteiger partial charge is 0.322 e. The van der Waals surface area contributed by atoms with E-state index in [1.165, 1.54) is 31.5 Å². The van der Waals surface area contributed by atoms with Crippen molar-refractivity contribution < 1.29 is 0 Å². The maximum absolute atomic E-state index is 4.79. The van der Waals surface area contributed by atoms with E-state index in [1.807, 2.05) is 52.4 Å². The Balaban J connectivity index is 1.07. The Bertz CT molecular complexity index is 1430. The van der Waals surface area contributed by atoms with Crippen molar-refractivity contribution in [1.29, 1.82) is 0 Å². The molecule has 1 saturated carbocycles. The minimum atomic E-state index is 0.574. The van der Waals surface area contributed by atoms with E-state index in [2.05, 4.69) is 55.2 Å². The molecule has 8 rings (SSSR count). The van der Waals surface area contributed by atoms with Crippen LogP contribution in [-0.4, -0.2) is 51.9 Å².